The summed E-state index contributed by atoms with van der Waals surface area (Å²) in [6, 6.07) is 122. The van der Waals surface area contributed by atoms with Gasteiger partial charge in [0.1, 0.15) is 0 Å². The van der Waals surface area contributed by atoms with E-state index in [1.165, 1.54) is 97.8 Å². The predicted octanol–water partition coefficient (Wildman–Crippen LogP) is 16.8. The van der Waals surface area contributed by atoms with E-state index in [4.69, 9.17) is 0 Å². The third-order valence-corrected chi connectivity index (χ3v) is 21.8. The lowest BCUT2D eigenvalue weighted by molar-refractivity contribution is 0.769. The minimum absolute atomic E-state index is 0.626. The lowest BCUT2D eigenvalue weighted by atomic mass is 9.67. The second kappa shape index (κ2) is 19.4. The molecule has 0 fully saturated rings. The van der Waals surface area contributed by atoms with Gasteiger partial charge in [-0.3, -0.25) is 0 Å². The van der Waals surface area contributed by atoms with Gasteiger partial charge in [-0.05, 0) is 137 Å². The summed E-state index contributed by atoms with van der Waals surface area (Å²) in [6.07, 6.45) is 0. The molecule has 0 amide bonds. The molecule has 14 aromatic rings. The van der Waals surface area contributed by atoms with Crippen molar-refractivity contribution in [3.05, 3.63) is 350 Å². The first-order chi connectivity index (χ1) is 39.7. The highest BCUT2D eigenvalue weighted by molar-refractivity contribution is 7.19. The molecule has 0 spiro atoms. The Morgan fingerprint density at radius 3 is 1.39 bits per heavy atom. The highest BCUT2D eigenvalue weighted by Gasteiger charge is 2.49. The zero-order valence-electron chi connectivity index (χ0n) is 44.1. The number of nitrogens with zero attached hydrogens (tertiary/aromatic N) is 2. The third kappa shape index (κ3) is 7.39. The van der Waals surface area contributed by atoms with E-state index in [2.05, 4.69) is 337 Å². The van der Waals surface area contributed by atoms with Crippen LogP contribution in [0.1, 0.15) is 22.3 Å². The van der Waals surface area contributed by atoms with Gasteiger partial charge >= 0.3 is 0 Å². The zero-order valence-corrected chi connectivity index (χ0v) is 45.1. The van der Waals surface area contributed by atoms with Crippen molar-refractivity contribution in [3.8, 4) is 27.9 Å². The van der Waals surface area contributed by atoms with Crippen LogP contribution in [-0.2, 0) is 5.41 Å². The molecule has 80 heavy (non-hydrogen) atoms. The van der Waals surface area contributed by atoms with E-state index in [-0.39, 0.29) is 0 Å². The molecule has 0 aliphatic heterocycles. The first-order valence-corrected chi connectivity index (χ1v) is 29.7. The molecular weight excluding hydrogens is 981 g/mol. The van der Waals surface area contributed by atoms with Crippen molar-refractivity contribution in [1.82, 2.24) is 4.57 Å². The van der Waals surface area contributed by atoms with Gasteiger partial charge in [0, 0.05) is 33.2 Å². The first kappa shape index (κ1) is 47.2. The van der Waals surface area contributed by atoms with E-state index in [1.807, 2.05) is 0 Å². The summed E-state index contributed by atoms with van der Waals surface area (Å²) >= 11 is 0. The minimum atomic E-state index is -2.90. The third-order valence-electron chi connectivity index (χ3n) is 17.0. The Morgan fingerprint density at radius 2 is 0.762 bits per heavy atom. The largest absolute Gasteiger partial charge is 0.310 e. The van der Waals surface area contributed by atoms with Gasteiger partial charge in [0.15, 0.2) is 8.07 Å². The van der Waals surface area contributed by atoms with Crippen LogP contribution in [0.3, 0.4) is 0 Å². The van der Waals surface area contributed by atoms with Crippen molar-refractivity contribution in [2.45, 2.75) is 5.41 Å². The number of anilines is 3. The van der Waals surface area contributed by atoms with Crippen LogP contribution < -0.4 is 25.6 Å². The van der Waals surface area contributed by atoms with E-state index in [0.29, 0.717) is 0 Å². The average molecular weight is 1040 g/mol. The Labute approximate surface area is 468 Å². The average Bonchev–Trinajstić information content (AvgIpc) is 4.24. The number of hydrogen-bond donors (Lipinski definition) is 0. The SMILES string of the molecule is c1ccc(N(c2ccc(-n3c4ccccc4c4cc(-c5ccc6c(c5)C(c5ccccc5)(c5ccccc5)c5cc([Si](c7ccccc7)(c7ccccc7)c7ccccc7)ccc5-6)ccc43)cc2)c2cccc3ccccc23)cc1. The number of hydrogen-bond acceptors (Lipinski definition) is 1. The summed E-state index contributed by atoms with van der Waals surface area (Å²) in [5, 5.41) is 10.3. The minimum Gasteiger partial charge on any atom is -0.310 e. The molecule has 376 valence electrons. The maximum absolute atomic E-state index is 2.90. The summed E-state index contributed by atoms with van der Waals surface area (Å²) in [4.78, 5) is 2.37. The topological polar surface area (TPSA) is 8.17 Å². The molecule has 0 N–H and O–H groups in total. The fourth-order valence-corrected chi connectivity index (χ4v) is 18.3. The van der Waals surface area contributed by atoms with Gasteiger partial charge in [-0.2, -0.15) is 0 Å². The number of rotatable bonds is 11. The van der Waals surface area contributed by atoms with Gasteiger partial charge in [-0.15, -0.1) is 0 Å². The van der Waals surface area contributed by atoms with Gasteiger partial charge in [-0.1, -0.05) is 261 Å². The molecule has 0 unspecified atom stereocenters. The Hall–Kier alpha value is -10.1. The highest BCUT2D eigenvalue weighted by Crippen LogP contribution is 2.57. The van der Waals surface area contributed by atoms with Crippen molar-refractivity contribution in [1.29, 1.82) is 0 Å². The van der Waals surface area contributed by atoms with Crippen LogP contribution in [0.25, 0.3) is 60.5 Å². The number of para-hydroxylation sites is 2. The summed E-state index contributed by atoms with van der Waals surface area (Å²) < 4.78 is 2.43. The van der Waals surface area contributed by atoms with Crippen LogP contribution in [0.5, 0.6) is 0 Å². The molecule has 1 aliphatic rings. The van der Waals surface area contributed by atoms with Crippen LogP contribution in [0.2, 0.25) is 0 Å². The van der Waals surface area contributed by atoms with Crippen LogP contribution in [0.4, 0.5) is 17.1 Å². The highest BCUT2D eigenvalue weighted by atomic mass is 28.3. The Balaban J connectivity index is 0.895. The van der Waals surface area contributed by atoms with Crippen LogP contribution >= 0.6 is 0 Å². The van der Waals surface area contributed by atoms with Crippen molar-refractivity contribution in [2.75, 3.05) is 4.90 Å². The standard InChI is InChI=1S/C77H54N2Si/c1-7-26-58(27-8-1)77(59-28-9-2-10-29-59)72-53-57(42-49-68(72)69-50-48-66(54-73(69)77)80(63-32-13-4-14-33-63,64-34-15-5-16-35-64)65-36-17-6-18-37-65)56-43-51-76-71(52-56)70-39-21-22-40-75(70)79(76)62-46-44-61(45-47-62)78(60-30-11-3-12-31-60)74-41-23-25-55-24-19-20-38-67(55)74/h1-54H. The number of benzene rings is 13. The maximum Gasteiger partial charge on any atom is 0.179 e. The lowest BCUT2D eigenvalue weighted by Gasteiger charge is -2.37. The van der Waals surface area contributed by atoms with Crippen LogP contribution in [0, 0.1) is 0 Å². The Bertz CT molecular complexity index is 4420. The van der Waals surface area contributed by atoms with Gasteiger partial charge in [0.05, 0.1) is 22.1 Å². The predicted molar refractivity (Wildman–Crippen MR) is 339 cm³/mol. The molecule has 1 aromatic heterocycles. The molecular formula is C77H54N2Si. The second-order valence-electron chi connectivity index (χ2n) is 21.1. The van der Waals surface area contributed by atoms with Crippen LogP contribution in [-0.4, -0.2) is 12.6 Å². The maximum atomic E-state index is 2.62. The van der Waals surface area contributed by atoms with E-state index < -0.39 is 13.5 Å². The molecule has 13 aromatic carbocycles. The smallest absolute Gasteiger partial charge is 0.179 e. The van der Waals surface area contributed by atoms with E-state index in [9.17, 15) is 0 Å². The zero-order chi connectivity index (χ0) is 53.0. The van der Waals surface area contributed by atoms with Crippen molar-refractivity contribution in [3.63, 3.8) is 0 Å². The molecule has 0 atom stereocenters. The summed E-state index contributed by atoms with van der Waals surface area (Å²) in [7, 11) is -2.90. The molecule has 0 bridgehead atoms. The fourth-order valence-electron chi connectivity index (χ4n) is 13.6. The van der Waals surface area contributed by atoms with Crippen molar-refractivity contribution < 1.29 is 0 Å². The molecule has 1 aliphatic carbocycles. The quantitative estimate of drug-likeness (QED) is 0.0926. The molecule has 0 saturated carbocycles. The van der Waals surface area contributed by atoms with Crippen LogP contribution in [0.15, 0.2) is 328 Å². The normalized spacial score (nSPS) is 12.6. The van der Waals surface area contributed by atoms with E-state index in [1.54, 1.807) is 0 Å². The molecule has 2 nitrogen and oxygen atoms in total. The van der Waals surface area contributed by atoms with Crippen molar-refractivity contribution in [2.24, 2.45) is 0 Å². The van der Waals surface area contributed by atoms with Gasteiger partial charge in [0.2, 0.25) is 0 Å². The summed E-state index contributed by atoms with van der Waals surface area (Å²) in [5.41, 5.74) is 16.2. The van der Waals surface area contributed by atoms with Gasteiger partial charge < -0.3 is 9.47 Å². The number of fused-ring (bicyclic) bond motifs is 7. The molecule has 1 heterocycles. The summed E-state index contributed by atoms with van der Waals surface area (Å²) in [5.74, 6) is 0. The number of aromatic nitrogens is 1. The molecule has 15 rings (SSSR count). The van der Waals surface area contributed by atoms with E-state index in [0.717, 1.165) is 22.7 Å². The lowest BCUT2D eigenvalue weighted by Crippen LogP contribution is -2.74. The second-order valence-corrected chi connectivity index (χ2v) is 24.9. The van der Waals surface area contributed by atoms with Gasteiger partial charge in [-0.25, -0.2) is 0 Å². The molecule has 3 heteroatoms. The Kier molecular flexibility index (Phi) is 11.5. The van der Waals surface area contributed by atoms with Gasteiger partial charge in [0.25, 0.3) is 0 Å². The molecule has 0 radical (unpaired) electrons. The van der Waals surface area contributed by atoms with E-state index >= 15 is 0 Å². The first-order valence-electron chi connectivity index (χ1n) is 27.7. The van der Waals surface area contributed by atoms with Crippen molar-refractivity contribution >= 4 is 78.5 Å². The molecule has 0 saturated heterocycles. The fraction of sp³-hybridized carbons (Fsp3) is 0.0130. The summed E-state index contributed by atoms with van der Waals surface area (Å²) in [6.45, 7) is 0. The monoisotopic (exact) mass is 1030 g/mol. The Morgan fingerprint density at radius 1 is 0.300 bits per heavy atom.